The van der Waals surface area contributed by atoms with Crippen LogP contribution in [0.25, 0.3) is 0 Å². The smallest absolute Gasteiger partial charge is 0.217 e. The summed E-state index contributed by atoms with van der Waals surface area (Å²) in [7, 11) is 0. The summed E-state index contributed by atoms with van der Waals surface area (Å²) in [5.74, 6) is -0.372. The van der Waals surface area contributed by atoms with Gasteiger partial charge in [0.05, 0.1) is 0 Å². The molecule has 1 fully saturated rings. The SMILES string of the molecule is Cc1cc(F)cc(N2CCN(c3cccc(O)c3)C(CCC(N)=O)C2)c1. The molecular weight excluding hydrogens is 333 g/mol. The molecule has 0 aliphatic carbocycles. The van der Waals surface area contributed by atoms with Gasteiger partial charge < -0.3 is 20.6 Å². The first-order valence-electron chi connectivity index (χ1n) is 8.78. The standard InChI is InChI=1S/C20H24FN3O2/c1-14-9-15(21)11-18(10-14)23-7-8-24(16-3-2-4-19(25)12-16)17(13-23)5-6-20(22)26/h2-4,9-12,17,25H,5-8,13H2,1H3,(H2,22,26). The summed E-state index contributed by atoms with van der Waals surface area (Å²) in [6.07, 6.45) is 0.895. The molecule has 1 saturated heterocycles. The van der Waals surface area contributed by atoms with Gasteiger partial charge in [-0.1, -0.05) is 6.07 Å². The number of benzene rings is 2. The number of anilines is 2. The number of aryl methyl sites for hydroxylation is 1. The molecule has 3 N–H and O–H groups in total. The van der Waals surface area contributed by atoms with Crippen molar-refractivity contribution in [1.82, 2.24) is 0 Å². The Labute approximate surface area is 152 Å². The molecule has 26 heavy (non-hydrogen) atoms. The summed E-state index contributed by atoms with van der Waals surface area (Å²) in [4.78, 5) is 15.6. The molecule has 0 aromatic heterocycles. The zero-order valence-electron chi connectivity index (χ0n) is 14.9. The first-order valence-corrected chi connectivity index (χ1v) is 8.78. The first-order chi connectivity index (χ1) is 12.4. The molecule has 3 rings (SSSR count). The Balaban J connectivity index is 1.83. The number of phenolic OH excluding ortho intramolecular Hbond substituents is 1. The minimum atomic E-state index is -0.334. The number of hydrogen-bond donors (Lipinski definition) is 2. The highest BCUT2D eigenvalue weighted by Crippen LogP contribution is 2.29. The van der Waals surface area contributed by atoms with E-state index in [9.17, 15) is 14.3 Å². The lowest BCUT2D eigenvalue weighted by Crippen LogP contribution is -2.53. The van der Waals surface area contributed by atoms with Crippen LogP contribution in [0.15, 0.2) is 42.5 Å². The number of primary amides is 1. The lowest BCUT2D eigenvalue weighted by Gasteiger charge is -2.44. The molecule has 138 valence electrons. The Morgan fingerprint density at radius 3 is 2.73 bits per heavy atom. The molecule has 1 aliphatic heterocycles. The number of hydrogen-bond acceptors (Lipinski definition) is 4. The lowest BCUT2D eigenvalue weighted by molar-refractivity contribution is -0.118. The van der Waals surface area contributed by atoms with Crippen molar-refractivity contribution in [1.29, 1.82) is 0 Å². The number of carbonyl (C=O) groups is 1. The Bertz CT molecular complexity index is 776. The van der Waals surface area contributed by atoms with Crippen LogP contribution in [0.4, 0.5) is 15.8 Å². The maximum absolute atomic E-state index is 13.8. The van der Waals surface area contributed by atoms with Crippen LogP contribution in [0.5, 0.6) is 5.75 Å². The molecule has 0 saturated carbocycles. The fourth-order valence-corrected chi connectivity index (χ4v) is 3.56. The molecule has 0 radical (unpaired) electrons. The fraction of sp³-hybridized carbons (Fsp3) is 0.350. The van der Waals surface area contributed by atoms with E-state index in [-0.39, 0.29) is 29.9 Å². The Morgan fingerprint density at radius 1 is 1.23 bits per heavy atom. The summed E-state index contributed by atoms with van der Waals surface area (Å²) in [5.41, 5.74) is 7.98. The molecule has 1 atom stereocenters. The molecule has 2 aromatic carbocycles. The summed E-state index contributed by atoms with van der Waals surface area (Å²) < 4.78 is 13.8. The third kappa shape index (κ3) is 4.25. The summed E-state index contributed by atoms with van der Waals surface area (Å²) in [6, 6.07) is 12.2. The largest absolute Gasteiger partial charge is 0.508 e. The van der Waals surface area contributed by atoms with Gasteiger partial charge in [0, 0.05) is 49.5 Å². The Morgan fingerprint density at radius 2 is 2.04 bits per heavy atom. The fourth-order valence-electron chi connectivity index (χ4n) is 3.56. The van der Waals surface area contributed by atoms with Gasteiger partial charge in [0.2, 0.25) is 5.91 Å². The molecule has 6 heteroatoms. The molecule has 2 aromatic rings. The van der Waals surface area contributed by atoms with Gasteiger partial charge in [-0.3, -0.25) is 4.79 Å². The summed E-state index contributed by atoms with van der Waals surface area (Å²) >= 11 is 0. The predicted octanol–water partition coefficient (Wildman–Crippen LogP) is 2.80. The molecule has 0 bridgehead atoms. The number of aromatic hydroxyl groups is 1. The third-order valence-corrected chi connectivity index (χ3v) is 4.76. The topological polar surface area (TPSA) is 69.8 Å². The zero-order valence-corrected chi connectivity index (χ0v) is 14.9. The van der Waals surface area contributed by atoms with E-state index < -0.39 is 0 Å². The Hall–Kier alpha value is -2.76. The highest BCUT2D eigenvalue weighted by Gasteiger charge is 2.28. The zero-order chi connectivity index (χ0) is 18.7. The molecule has 1 aliphatic rings. The van der Waals surface area contributed by atoms with Crippen LogP contribution in [-0.2, 0) is 4.79 Å². The van der Waals surface area contributed by atoms with Gasteiger partial charge in [0.1, 0.15) is 11.6 Å². The van der Waals surface area contributed by atoms with Crippen molar-refractivity contribution in [3.63, 3.8) is 0 Å². The third-order valence-electron chi connectivity index (χ3n) is 4.76. The normalized spacial score (nSPS) is 17.4. The van der Waals surface area contributed by atoms with Crippen molar-refractivity contribution >= 4 is 17.3 Å². The maximum Gasteiger partial charge on any atom is 0.217 e. The van der Waals surface area contributed by atoms with Crippen LogP contribution in [0.3, 0.4) is 0 Å². The van der Waals surface area contributed by atoms with Crippen molar-refractivity contribution in [2.24, 2.45) is 5.73 Å². The molecule has 1 heterocycles. The minimum Gasteiger partial charge on any atom is -0.508 e. The van der Waals surface area contributed by atoms with Gasteiger partial charge in [-0.05, 0) is 49.2 Å². The van der Waals surface area contributed by atoms with Crippen molar-refractivity contribution in [2.45, 2.75) is 25.8 Å². The van der Waals surface area contributed by atoms with Crippen molar-refractivity contribution in [2.75, 3.05) is 29.4 Å². The van der Waals surface area contributed by atoms with Gasteiger partial charge in [-0.15, -0.1) is 0 Å². The van der Waals surface area contributed by atoms with Gasteiger partial charge in [-0.25, -0.2) is 4.39 Å². The van der Waals surface area contributed by atoms with Crippen LogP contribution in [-0.4, -0.2) is 36.7 Å². The lowest BCUT2D eigenvalue weighted by atomic mass is 10.0. The van der Waals surface area contributed by atoms with E-state index in [4.69, 9.17) is 5.73 Å². The second-order valence-corrected chi connectivity index (χ2v) is 6.80. The summed E-state index contributed by atoms with van der Waals surface area (Å²) in [6.45, 7) is 3.97. The number of amides is 1. The highest BCUT2D eigenvalue weighted by molar-refractivity contribution is 5.73. The first kappa shape index (κ1) is 18.0. The van der Waals surface area contributed by atoms with Crippen LogP contribution in [0, 0.1) is 12.7 Å². The van der Waals surface area contributed by atoms with Crippen molar-refractivity contribution < 1.29 is 14.3 Å². The van der Waals surface area contributed by atoms with Gasteiger partial charge in [-0.2, -0.15) is 0 Å². The van der Waals surface area contributed by atoms with E-state index in [2.05, 4.69) is 9.80 Å². The van der Waals surface area contributed by atoms with E-state index in [1.54, 1.807) is 24.3 Å². The molecule has 5 nitrogen and oxygen atoms in total. The number of nitrogens with zero attached hydrogens (tertiary/aromatic N) is 2. The summed E-state index contributed by atoms with van der Waals surface area (Å²) in [5, 5.41) is 9.79. The number of carbonyl (C=O) groups excluding carboxylic acids is 1. The monoisotopic (exact) mass is 357 g/mol. The van der Waals surface area contributed by atoms with Crippen LogP contribution in [0.1, 0.15) is 18.4 Å². The van der Waals surface area contributed by atoms with E-state index >= 15 is 0 Å². The number of halogens is 1. The number of phenols is 1. The van der Waals surface area contributed by atoms with Crippen LogP contribution >= 0.6 is 0 Å². The average Bonchev–Trinajstić information content (AvgIpc) is 2.59. The van der Waals surface area contributed by atoms with Crippen molar-refractivity contribution in [3.8, 4) is 5.75 Å². The maximum atomic E-state index is 13.8. The molecule has 0 spiro atoms. The number of nitrogens with two attached hydrogens (primary N) is 1. The van der Waals surface area contributed by atoms with Gasteiger partial charge in [0.15, 0.2) is 0 Å². The van der Waals surface area contributed by atoms with E-state index in [1.165, 1.54) is 6.07 Å². The minimum absolute atomic E-state index is 0.0432. The number of piperazine rings is 1. The second-order valence-electron chi connectivity index (χ2n) is 6.80. The van der Waals surface area contributed by atoms with Gasteiger partial charge in [0.25, 0.3) is 0 Å². The predicted molar refractivity (Wildman–Crippen MR) is 101 cm³/mol. The van der Waals surface area contributed by atoms with Gasteiger partial charge >= 0.3 is 0 Å². The van der Waals surface area contributed by atoms with Crippen LogP contribution < -0.4 is 15.5 Å². The quantitative estimate of drug-likeness (QED) is 0.863. The average molecular weight is 357 g/mol. The highest BCUT2D eigenvalue weighted by atomic mass is 19.1. The second kappa shape index (κ2) is 7.64. The Kier molecular flexibility index (Phi) is 5.30. The molecule has 1 amide bonds. The van der Waals surface area contributed by atoms with E-state index in [0.29, 0.717) is 19.5 Å². The molecular formula is C20H24FN3O2. The molecule has 1 unspecified atom stereocenters. The van der Waals surface area contributed by atoms with Crippen LogP contribution in [0.2, 0.25) is 0 Å². The number of rotatable bonds is 5. The van der Waals surface area contributed by atoms with E-state index in [0.717, 1.165) is 23.5 Å². The van der Waals surface area contributed by atoms with Crippen molar-refractivity contribution in [3.05, 3.63) is 53.8 Å². The van der Waals surface area contributed by atoms with E-state index in [1.807, 2.05) is 19.1 Å².